The molecule has 0 spiro atoms. The molecule has 8 nitrogen and oxygen atoms in total. The average Bonchev–Trinajstić information content (AvgIpc) is 3.20. The number of methoxy groups -OCH3 is 1. The summed E-state index contributed by atoms with van der Waals surface area (Å²) in [5.74, 6) is -0.627. The van der Waals surface area contributed by atoms with Crippen LogP contribution in [0.5, 0.6) is 0 Å². The predicted molar refractivity (Wildman–Crippen MR) is 114 cm³/mol. The molecule has 1 N–H and O–H groups in total. The van der Waals surface area contributed by atoms with Crippen LogP contribution in [0.1, 0.15) is 46.0 Å². The van der Waals surface area contributed by atoms with Crippen LogP contribution in [0.25, 0.3) is 0 Å². The minimum absolute atomic E-state index is 0.227. The van der Waals surface area contributed by atoms with Gasteiger partial charge in [0.1, 0.15) is 6.04 Å². The number of aryl methyl sites for hydroxylation is 2. The van der Waals surface area contributed by atoms with Crippen LogP contribution in [0, 0.1) is 20.8 Å². The third-order valence-corrected chi connectivity index (χ3v) is 5.38. The number of ether oxygens (including phenoxy) is 1. The number of anilines is 1. The molecule has 0 radical (unpaired) electrons. The lowest BCUT2D eigenvalue weighted by atomic mass is 10.1. The van der Waals surface area contributed by atoms with Gasteiger partial charge in [0.15, 0.2) is 0 Å². The van der Waals surface area contributed by atoms with E-state index >= 15 is 0 Å². The molecule has 0 aliphatic carbocycles. The van der Waals surface area contributed by atoms with Gasteiger partial charge in [0.25, 0.3) is 0 Å². The maximum Gasteiger partial charge on any atom is 0.338 e. The van der Waals surface area contributed by atoms with Gasteiger partial charge in [-0.3, -0.25) is 14.2 Å². The van der Waals surface area contributed by atoms with Gasteiger partial charge in [0, 0.05) is 6.20 Å². The van der Waals surface area contributed by atoms with E-state index in [0.717, 1.165) is 11.3 Å². The Morgan fingerprint density at radius 2 is 1.87 bits per heavy atom. The summed E-state index contributed by atoms with van der Waals surface area (Å²) in [6.45, 7) is 7.60. The van der Waals surface area contributed by atoms with Gasteiger partial charge in [-0.05, 0) is 39.3 Å². The second kappa shape index (κ2) is 8.71. The molecule has 0 fully saturated rings. The summed E-state index contributed by atoms with van der Waals surface area (Å²) >= 11 is 6.05. The summed E-state index contributed by atoms with van der Waals surface area (Å²) in [7, 11) is 1.35. The highest BCUT2D eigenvalue weighted by Crippen LogP contribution is 2.23. The summed E-state index contributed by atoms with van der Waals surface area (Å²) in [6, 6.07) is 6.67. The molecule has 0 aliphatic rings. The fraction of sp³-hybridized carbons (Fsp3) is 0.333. The molecule has 3 aromatic rings. The SMILES string of the molecule is COC(=O)c1ccccc1Cn1nc(C)c(NC(=O)C(C)n2cc(Cl)c(C)n2)c1C. The molecule has 3 rings (SSSR count). The smallest absolute Gasteiger partial charge is 0.338 e. The van der Waals surface area contributed by atoms with Gasteiger partial charge in [0.2, 0.25) is 5.91 Å². The van der Waals surface area contributed by atoms with E-state index in [0.29, 0.717) is 34.2 Å². The van der Waals surface area contributed by atoms with Crippen molar-refractivity contribution in [2.24, 2.45) is 0 Å². The first-order valence-corrected chi connectivity index (χ1v) is 9.83. The minimum Gasteiger partial charge on any atom is -0.465 e. The summed E-state index contributed by atoms with van der Waals surface area (Å²) < 4.78 is 8.15. The maximum atomic E-state index is 12.8. The van der Waals surface area contributed by atoms with Crippen molar-refractivity contribution in [1.82, 2.24) is 19.6 Å². The first-order chi connectivity index (χ1) is 14.2. The average molecular weight is 430 g/mol. The standard InChI is InChI=1S/C21H24ClN5O3/c1-12-18(22)11-27(24-12)15(4)20(28)23-19-13(2)25-26(14(19)3)10-16-8-6-7-9-17(16)21(29)30-5/h6-9,11,15H,10H2,1-5H3,(H,23,28). The normalized spacial score (nSPS) is 11.9. The topological polar surface area (TPSA) is 91.0 Å². The van der Waals surface area contributed by atoms with E-state index in [4.69, 9.17) is 16.3 Å². The van der Waals surface area contributed by atoms with Crippen molar-refractivity contribution in [3.05, 3.63) is 63.7 Å². The lowest BCUT2D eigenvalue weighted by molar-refractivity contribution is -0.119. The third kappa shape index (κ3) is 4.23. The van der Waals surface area contributed by atoms with Crippen LogP contribution in [-0.4, -0.2) is 38.5 Å². The highest BCUT2D eigenvalue weighted by atomic mass is 35.5. The molecule has 2 heterocycles. The van der Waals surface area contributed by atoms with E-state index < -0.39 is 12.0 Å². The predicted octanol–water partition coefficient (Wildman–Crippen LogP) is 3.69. The van der Waals surface area contributed by atoms with Crippen molar-refractivity contribution in [2.45, 2.75) is 40.3 Å². The molecular formula is C21H24ClN5O3. The highest BCUT2D eigenvalue weighted by molar-refractivity contribution is 6.31. The van der Waals surface area contributed by atoms with Crippen molar-refractivity contribution in [3.63, 3.8) is 0 Å². The Hall–Kier alpha value is -3.13. The number of carbonyl (C=O) groups excluding carboxylic acids is 2. The Morgan fingerprint density at radius 1 is 1.17 bits per heavy atom. The zero-order valence-corrected chi connectivity index (χ0v) is 18.3. The molecule has 1 aromatic carbocycles. The number of esters is 1. The second-order valence-corrected chi connectivity index (χ2v) is 7.47. The molecule has 0 saturated carbocycles. The third-order valence-electron chi connectivity index (χ3n) is 5.01. The number of halogens is 1. The zero-order chi connectivity index (χ0) is 22.0. The molecule has 0 saturated heterocycles. The van der Waals surface area contributed by atoms with Crippen molar-refractivity contribution < 1.29 is 14.3 Å². The van der Waals surface area contributed by atoms with Gasteiger partial charge in [-0.25, -0.2) is 4.79 Å². The number of aromatic nitrogens is 4. The molecule has 158 valence electrons. The van der Waals surface area contributed by atoms with E-state index in [9.17, 15) is 9.59 Å². The summed E-state index contributed by atoms with van der Waals surface area (Å²) in [5.41, 5.74) is 4.03. The van der Waals surface area contributed by atoms with Crippen molar-refractivity contribution in [2.75, 3.05) is 12.4 Å². The Morgan fingerprint density at radius 3 is 2.50 bits per heavy atom. The lowest BCUT2D eigenvalue weighted by Crippen LogP contribution is -2.24. The van der Waals surface area contributed by atoms with Crippen LogP contribution >= 0.6 is 11.6 Å². The van der Waals surface area contributed by atoms with Gasteiger partial charge >= 0.3 is 5.97 Å². The Bertz CT molecular complexity index is 1080. The molecule has 1 unspecified atom stereocenters. The maximum absolute atomic E-state index is 12.8. The molecule has 30 heavy (non-hydrogen) atoms. The van der Waals surface area contributed by atoms with Crippen LogP contribution in [-0.2, 0) is 16.1 Å². The van der Waals surface area contributed by atoms with Gasteiger partial charge in [0.05, 0.1) is 47.0 Å². The Labute approximate surface area is 179 Å². The van der Waals surface area contributed by atoms with E-state index in [1.165, 1.54) is 11.8 Å². The monoisotopic (exact) mass is 429 g/mol. The number of hydrogen-bond acceptors (Lipinski definition) is 5. The van der Waals surface area contributed by atoms with E-state index in [1.54, 1.807) is 36.9 Å². The Balaban J connectivity index is 1.83. The molecule has 0 aliphatic heterocycles. The van der Waals surface area contributed by atoms with Crippen LogP contribution in [0.3, 0.4) is 0 Å². The lowest BCUT2D eigenvalue weighted by Gasteiger charge is -2.13. The fourth-order valence-corrected chi connectivity index (χ4v) is 3.30. The quantitative estimate of drug-likeness (QED) is 0.603. The minimum atomic E-state index is -0.543. The van der Waals surface area contributed by atoms with Crippen molar-refractivity contribution >= 4 is 29.2 Å². The number of hydrogen-bond donors (Lipinski definition) is 1. The molecule has 1 atom stereocenters. The van der Waals surface area contributed by atoms with E-state index in [2.05, 4.69) is 15.5 Å². The fourth-order valence-electron chi connectivity index (χ4n) is 3.17. The summed E-state index contributed by atoms with van der Waals surface area (Å²) in [6.07, 6.45) is 1.63. The van der Waals surface area contributed by atoms with Crippen LogP contribution < -0.4 is 5.32 Å². The zero-order valence-electron chi connectivity index (χ0n) is 17.6. The van der Waals surface area contributed by atoms with Crippen molar-refractivity contribution in [1.29, 1.82) is 0 Å². The molecule has 9 heteroatoms. The number of rotatable bonds is 6. The number of nitrogens with one attached hydrogen (secondary N) is 1. The number of carbonyl (C=O) groups is 2. The van der Waals surface area contributed by atoms with E-state index in [-0.39, 0.29) is 5.91 Å². The van der Waals surface area contributed by atoms with Gasteiger partial charge in [-0.15, -0.1) is 0 Å². The molecule has 0 bridgehead atoms. The molecule has 1 amide bonds. The number of benzene rings is 1. The molecule has 2 aromatic heterocycles. The van der Waals surface area contributed by atoms with Gasteiger partial charge in [-0.2, -0.15) is 10.2 Å². The van der Waals surface area contributed by atoms with Gasteiger partial charge in [-0.1, -0.05) is 29.8 Å². The second-order valence-electron chi connectivity index (χ2n) is 7.06. The molecular weight excluding hydrogens is 406 g/mol. The first kappa shape index (κ1) is 21.6. The van der Waals surface area contributed by atoms with E-state index in [1.807, 2.05) is 26.0 Å². The largest absolute Gasteiger partial charge is 0.465 e. The summed E-state index contributed by atoms with van der Waals surface area (Å²) in [4.78, 5) is 24.8. The number of amides is 1. The van der Waals surface area contributed by atoms with Crippen LogP contribution in [0.2, 0.25) is 5.02 Å². The van der Waals surface area contributed by atoms with Gasteiger partial charge < -0.3 is 10.1 Å². The summed E-state index contributed by atoms with van der Waals surface area (Å²) in [5, 5.41) is 12.3. The van der Waals surface area contributed by atoms with Crippen LogP contribution in [0.4, 0.5) is 5.69 Å². The Kier molecular flexibility index (Phi) is 6.26. The number of nitrogens with zero attached hydrogens (tertiary/aromatic N) is 4. The van der Waals surface area contributed by atoms with Crippen LogP contribution in [0.15, 0.2) is 30.5 Å². The first-order valence-electron chi connectivity index (χ1n) is 9.45. The van der Waals surface area contributed by atoms with Crippen molar-refractivity contribution in [3.8, 4) is 0 Å². The highest BCUT2D eigenvalue weighted by Gasteiger charge is 2.21.